The third-order valence-corrected chi connectivity index (χ3v) is 7.52. The highest BCUT2D eigenvalue weighted by atomic mass is 16.2. The quantitative estimate of drug-likeness (QED) is 0.614. The van der Waals surface area contributed by atoms with E-state index in [9.17, 15) is 4.79 Å². The minimum Gasteiger partial charge on any atom is -0.350 e. The highest BCUT2D eigenvalue weighted by molar-refractivity contribution is 6.12. The van der Waals surface area contributed by atoms with Crippen molar-refractivity contribution in [3.63, 3.8) is 0 Å². The summed E-state index contributed by atoms with van der Waals surface area (Å²) >= 11 is 0. The van der Waals surface area contributed by atoms with Gasteiger partial charge in [-0.15, -0.1) is 0 Å². The highest BCUT2D eigenvalue weighted by Crippen LogP contribution is 2.30. The van der Waals surface area contributed by atoms with Crippen molar-refractivity contribution in [2.24, 2.45) is 0 Å². The third kappa shape index (κ3) is 4.55. The van der Waals surface area contributed by atoms with Crippen molar-refractivity contribution in [1.82, 2.24) is 20.1 Å². The number of benzene rings is 2. The van der Waals surface area contributed by atoms with Gasteiger partial charge in [0.15, 0.2) is 0 Å². The van der Waals surface area contributed by atoms with Crippen LogP contribution < -0.4 is 5.32 Å². The van der Waals surface area contributed by atoms with Crippen molar-refractivity contribution in [2.45, 2.75) is 51.5 Å². The Morgan fingerprint density at radius 1 is 0.938 bits per heavy atom. The lowest BCUT2D eigenvalue weighted by Crippen LogP contribution is -2.46. The second kappa shape index (κ2) is 9.63. The first-order valence-corrected chi connectivity index (χ1v) is 12.4. The number of rotatable bonds is 5. The molecule has 2 aromatic carbocycles. The molecule has 0 bridgehead atoms. The van der Waals surface area contributed by atoms with Crippen molar-refractivity contribution in [1.29, 1.82) is 0 Å². The summed E-state index contributed by atoms with van der Waals surface area (Å²) < 4.78 is 0. The van der Waals surface area contributed by atoms with Crippen LogP contribution in [0.5, 0.6) is 0 Å². The standard InChI is InChI=1S/C27H36N4O/c1-20-25-23-9-5-4-8-21(23)10-11-24(25)29-26(20)27(32)28-22-12-16-31(17-13-22)19-18-30-14-6-2-3-7-15-30/h4-5,8-11,22,29H,2-3,6-7,12-19H2,1H3,(H,28,32). The van der Waals surface area contributed by atoms with Crippen LogP contribution in [0.15, 0.2) is 36.4 Å². The molecule has 170 valence electrons. The number of aryl methyl sites for hydroxylation is 1. The van der Waals surface area contributed by atoms with E-state index >= 15 is 0 Å². The number of carbonyl (C=O) groups excluding carboxylic acids is 1. The summed E-state index contributed by atoms with van der Waals surface area (Å²) in [6, 6.07) is 12.9. The molecule has 1 amide bonds. The molecule has 0 unspecified atom stereocenters. The third-order valence-electron chi connectivity index (χ3n) is 7.52. The largest absolute Gasteiger partial charge is 0.350 e. The van der Waals surface area contributed by atoms with Crippen LogP contribution in [0.4, 0.5) is 0 Å². The second-order valence-electron chi connectivity index (χ2n) is 9.68. The van der Waals surface area contributed by atoms with Gasteiger partial charge < -0.3 is 20.1 Å². The molecule has 0 atom stereocenters. The maximum atomic E-state index is 13.1. The Morgan fingerprint density at radius 3 is 2.38 bits per heavy atom. The van der Waals surface area contributed by atoms with Gasteiger partial charge in [-0.25, -0.2) is 0 Å². The minimum atomic E-state index is 0.0331. The molecule has 2 saturated heterocycles. The van der Waals surface area contributed by atoms with E-state index in [4.69, 9.17) is 0 Å². The molecule has 1 aromatic heterocycles. The van der Waals surface area contributed by atoms with Gasteiger partial charge in [0.1, 0.15) is 5.69 Å². The van der Waals surface area contributed by atoms with Crippen LogP contribution >= 0.6 is 0 Å². The number of nitrogens with one attached hydrogen (secondary N) is 2. The number of fused-ring (bicyclic) bond motifs is 3. The topological polar surface area (TPSA) is 51.4 Å². The molecular weight excluding hydrogens is 396 g/mol. The first kappa shape index (κ1) is 21.5. The molecule has 0 saturated carbocycles. The van der Waals surface area contributed by atoms with Crippen LogP contribution in [0.25, 0.3) is 21.7 Å². The molecule has 2 aliphatic rings. The van der Waals surface area contributed by atoms with E-state index in [0.717, 1.165) is 48.9 Å². The maximum Gasteiger partial charge on any atom is 0.268 e. The molecule has 0 aliphatic carbocycles. The SMILES string of the molecule is Cc1c(C(=O)NC2CCN(CCN3CCCCCC3)CC2)[nH]c2ccc3ccccc3c12. The Balaban J connectivity index is 1.18. The molecule has 0 radical (unpaired) electrons. The molecular formula is C27H36N4O. The summed E-state index contributed by atoms with van der Waals surface area (Å²) in [5, 5.41) is 6.89. The van der Waals surface area contributed by atoms with Crippen LogP contribution in [-0.2, 0) is 0 Å². The Kier molecular flexibility index (Phi) is 6.47. The second-order valence-corrected chi connectivity index (χ2v) is 9.68. The zero-order chi connectivity index (χ0) is 21.9. The van der Waals surface area contributed by atoms with E-state index < -0.39 is 0 Å². The van der Waals surface area contributed by atoms with Gasteiger partial charge in [0.05, 0.1) is 0 Å². The van der Waals surface area contributed by atoms with E-state index in [1.54, 1.807) is 0 Å². The number of aromatic amines is 1. The summed E-state index contributed by atoms with van der Waals surface area (Å²) in [6.07, 6.45) is 7.58. The predicted molar refractivity (Wildman–Crippen MR) is 132 cm³/mol. The molecule has 5 heteroatoms. The van der Waals surface area contributed by atoms with Crippen molar-refractivity contribution in [2.75, 3.05) is 39.3 Å². The normalized spacial score (nSPS) is 19.4. The first-order chi connectivity index (χ1) is 15.7. The van der Waals surface area contributed by atoms with Gasteiger partial charge in [-0.2, -0.15) is 0 Å². The smallest absolute Gasteiger partial charge is 0.268 e. The molecule has 5 rings (SSSR count). The van der Waals surface area contributed by atoms with Gasteiger partial charge in [-0.1, -0.05) is 43.2 Å². The number of likely N-dealkylation sites (tertiary alicyclic amines) is 2. The van der Waals surface area contributed by atoms with Gasteiger partial charge in [0.25, 0.3) is 5.91 Å². The number of nitrogens with zero attached hydrogens (tertiary/aromatic N) is 2. The number of H-pyrrole nitrogens is 1. The Bertz CT molecular complexity index is 1070. The molecule has 2 N–H and O–H groups in total. The number of hydrogen-bond acceptors (Lipinski definition) is 3. The van der Waals surface area contributed by atoms with Gasteiger partial charge in [-0.3, -0.25) is 4.79 Å². The average molecular weight is 433 g/mol. The van der Waals surface area contributed by atoms with E-state index in [2.05, 4.69) is 63.4 Å². The molecule has 0 spiro atoms. The van der Waals surface area contributed by atoms with E-state index in [0.29, 0.717) is 5.69 Å². The van der Waals surface area contributed by atoms with Crippen LogP contribution in [-0.4, -0.2) is 66.0 Å². The van der Waals surface area contributed by atoms with Gasteiger partial charge >= 0.3 is 0 Å². The van der Waals surface area contributed by atoms with Crippen molar-refractivity contribution in [3.8, 4) is 0 Å². The van der Waals surface area contributed by atoms with Crippen LogP contribution in [0.3, 0.4) is 0 Å². The zero-order valence-electron chi connectivity index (χ0n) is 19.3. The molecule has 5 nitrogen and oxygen atoms in total. The van der Waals surface area contributed by atoms with Gasteiger partial charge in [0, 0.05) is 43.1 Å². The zero-order valence-corrected chi connectivity index (χ0v) is 19.3. The lowest BCUT2D eigenvalue weighted by molar-refractivity contribution is 0.0902. The monoisotopic (exact) mass is 432 g/mol. The average Bonchev–Trinajstić information content (AvgIpc) is 2.98. The summed E-state index contributed by atoms with van der Waals surface area (Å²) in [4.78, 5) is 21.7. The number of hydrogen-bond donors (Lipinski definition) is 2. The highest BCUT2D eigenvalue weighted by Gasteiger charge is 2.24. The van der Waals surface area contributed by atoms with Gasteiger partial charge in [-0.05, 0) is 68.1 Å². The number of carbonyl (C=O) groups is 1. The van der Waals surface area contributed by atoms with Crippen LogP contribution in [0.1, 0.15) is 54.6 Å². The number of aromatic nitrogens is 1. The summed E-state index contributed by atoms with van der Waals surface area (Å²) in [7, 11) is 0. The summed E-state index contributed by atoms with van der Waals surface area (Å²) in [6.45, 7) is 9.11. The fourth-order valence-electron chi connectivity index (χ4n) is 5.56. The molecule has 3 heterocycles. The van der Waals surface area contributed by atoms with Crippen molar-refractivity contribution < 1.29 is 4.79 Å². The Hall–Kier alpha value is -2.37. The number of amides is 1. The lowest BCUT2D eigenvalue weighted by Gasteiger charge is -2.33. The Labute approximate surface area is 191 Å². The molecule has 2 fully saturated rings. The predicted octanol–water partition coefficient (Wildman–Crippen LogP) is 4.70. The van der Waals surface area contributed by atoms with E-state index in [1.807, 2.05) is 0 Å². The van der Waals surface area contributed by atoms with Gasteiger partial charge in [0.2, 0.25) is 0 Å². The lowest BCUT2D eigenvalue weighted by atomic mass is 10.0. The molecule has 2 aliphatic heterocycles. The maximum absolute atomic E-state index is 13.1. The molecule has 3 aromatic rings. The summed E-state index contributed by atoms with van der Waals surface area (Å²) in [5.41, 5.74) is 2.79. The Morgan fingerprint density at radius 2 is 1.62 bits per heavy atom. The van der Waals surface area contributed by atoms with Crippen molar-refractivity contribution >= 4 is 27.6 Å². The number of piperidine rings is 1. The van der Waals surface area contributed by atoms with E-state index in [-0.39, 0.29) is 11.9 Å². The van der Waals surface area contributed by atoms with Crippen LogP contribution in [0, 0.1) is 6.92 Å². The summed E-state index contributed by atoms with van der Waals surface area (Å²) in [5.74, 6) is 0.0331. The van der Waals surface area contributed by atoms with Crippen LogP contribution in [0.2, 0.25) is 0 Å². The molecule has 32 heavy (non-hydrogen) atoms. The van der Waals surface area contributed by atoms with Crippen molar-refractivity contribution in [3.05, 3.63) is 47.7 Å². The fraction of sp³-hybridized carbons (Fsp3) is 0.519. The fourth-order valence-corrected chi connectivity index (χ4v) is 5.56. The first-order valence-electron chi connectivity index (χ1n) is 12.4. The van der Waals surface area contributed by atoms with E-state index in [1.165, 1.54) is 56.1 Å². The minimum absolute atomic E-state index is 0.0331.